The van der Waals surface area contributed by atoms with Crippen LogP contribution in [-0.2, 0) is 4.74 Å². The number of nitrogens with zero attached hydrogens (tertiary/aromatic N) is 2. The molecule has 0 spiro atoms. The number of amides is 2. The standard InChI is InChI=1S/C22H24ClN3O5/c1-22(2,3)31-21(30)26-17(6-7-18(26)23)12-4-5-14-15(8-12)19(27)24-9-13-10-25(20(28)29)11-16(13)14/h4-8,13,16H,9-11H2,1-3H3,(H,24,27)(H,28,29)/t13-,16-/m1/s1. The number of carbonyl (C=O) groups is 3. The van der Waals surface area contributed by atoms with E-state index in [0.29, 0.717) is 36.5 Å². The number of halogens is 1. The van der Waals surface area contributed by atoms with Crippen molar-refractivity contribution < 1.29 is 24.2 Å². The summed E-state index contributed by atoms with van der Waals surface area (Å²) in [5, 5.41) is 12.5. The van der Waals surface area contributed by atoms with E-state index >= 15 is 0 Å². The quantitative estimate of drug-likeness (QED) is 0.690. The highest BCUT2D eigenvalue weighted by atomic mass is 35.5. The second kappa shape index (κ2) is 7.60. The predicted octanol–water partition coefficient (Wildman–Crippen LogP) is 4.03. The van der Waals surface area contributed by atoms with E-state index in [4.69, 9.17) is 16.3 Å². The van der Waals surface area contributed by atoms with Crippen molar-refractivity contribution in [1.29, 1.82) is 0 Å². The molecular formula is C22H24ClN3O5. The van der Waals surface area contributed by atoms with Crippen LogP contribution in [0.1, 0.15) is 42.6 Å². The molecule has 164 valence electrons. The fourth-order valence-corrected chi connectivity index (χ4v) is 4.49. The molecule has 0 radical (unpaired) electrons. The zero-order valence-corrected chi connectivity index (χ0v) is 18.3. The molecule has 2 amide bonds. The van der Waals surface area contributed by atoms with Gasteiger partial charge in [0, 0.05) is 37.0 Å². The number of carboxylic acid groups (broad SMARTS) is 1. The fraction of sp³-hybridized carbons (Fsp3) is 0.409. The maximum Gasteiger partial charge on any atom is 0.420 e. The van der Waals surface area contributed by atoms with Crippen molar-refractivity contribution in [2.45, 2.75) is 32.3 Å². The molecule has 2 aliphatic rings. The Balaban J connectivity index is 1.74. The van der Waals surface area contributed by atoms with Crippen LogP contribution < -0.4 is 5.32 Å². The minimum Gasteiger partial charge on any atom is -0.465 e. The van der Waals surface area contributed by atoms with Crippen LogP contribution in [0.15, 0.2) is 30.3 Å². The first kappa shape index (κ1) is 21.2. The lowest BCUT2D eigenvalue weighted by Gasteiger charge is -2.21. The van der Waals surface area contributed by atoms with Gasteiger partial charge in [-0.25, -0.2) is 14.2 Å². The summed E-state index contributed by atoms with van der Waals surface area (Å²) >= 11 is 6.26. The number of rotatable bonds is 1. The molecule has 4 rings (SSSR count). The van der Waals surface area contributed by atoms with Crippen LogP contribution in [-0.4, -0.2) is 57.9 Å². The Morgan fingerprint density at radius 3 is 2.61 bits per heavy atom. The number of aromatic nitrogens is 1. The third-order valence-electron chi connectivity index (χ3n) is 5.64. The number of likely N-dealkylation sites (tertiary alicyclic amines) is 1. The van der Waals surface area contributed by atoms with Gasteiger partial charge in [0.2, 0.25) is 0 Å². The topological polar surface area (TPSA) is 101 Å². The molecule has 0 bridgehead atoms. The van der Waals surface area contributed by atoms with Crippen LogP contribution in [0.4, 0.5) is 9.59 Å². The van der Waals surface area contributed by atoms with Gasteiger partial charge in [-0.15, -0.1) is 0 Å². The van der Waals surface area contributed by atoms with E-state index in [0.717, 1.165) is 5.56 Å². The summed E-state index contributed by atoms with van der Waals surface area (Å²) in [7, 11) is 0. The van der Waals surface area contributed by atoms with Gasteiger partial charge in [0.25, 0.3) is 5.91 Å². The van der Waals surface area contributed by atoms with Crippen LogP contribution in [0.3, 0.4) is 0 Å². The summed E-state index contributed by atoms with van der Waals surface area (Å²) in [6, 6.07) is 8.70. The van der Waals surface area contributed by atoms with Crippen LogP contribution >= 0.6 is 11.6 Å². The van der Waals surface area contributed by atoms with Gasteiger partial charge in [-0.05, 0) is 50.1 Å². The third kappa shape index (κ3) is 3.99. The molecule has 3 heterocycles. The summed E-state index contributed by atoms with van der Waals surface area (Å²) in [5.41, 5.74) is 1.75. The fourth-order valence-electron chi connectivity index (χ4n) is 4.27. The first-order chi connectivity index (χ1) is 14.5. The number of carbonyl (C=O) groups excluding carboxylic acids is 2. The van der Waals surface area contributed by atoms with Crippen molar-refractivity contribution in [2.75, 3.05) is 19.6 Å². The molecule has 2 atom stereocenters. The molecule has 2 N–H and O–H groups in total. The molecule has 0 aliphatic carbocycles. The van der Waals surface area contributed by atoms with Gasteiger partial charge in [0.1, 0.15) is 10.8 Å². The molecule has 9 heteroatoms. The van der Waals surface area contributed by atoms with Gasteiger partial charge in [0.15, 0.2) is 0 Å². The Labute approximate surface area is 184 Å². The summed E-state index contributed by atoms with van der Waals surface area (Å²) < 4.78 is 6.74. The molecule has 31 heavy (non-hydrogen) atoms. The summed E-state index contributed by atoms with van der Waals surface area (Å²) in [5.74, 6) is -0.262. The molecule has 2 aliphatic heterocycles. The average molecular weight is 446 g/mol. The van der Waals surface area contributed by atoms with Crippen molar-refractivity contribution in [2.24, 2.45) is 5.92 Å². The number of hydrogen-bond donors (Lipinski definition) is 2. The number of ether oxygens (including phenoxy) is 1. The van der Waals surface area contributed by atoms with Gasteiger partial charge < -0.3 is 20.1 Å². The Morgan fingerprint density at radius 1 is 1.19 bits per heavy atom. The lowest BCUT2D eigenvalue weighted by Crippen LogP contribution is -2.31. The number of benzene rings is 1. The van der Waals surface area contributed by atoms with Crippen LogP contribution in [0.5, 0.6) is 0 Å². The Morgan fingerprint density at radius 2 is 1.94 bits per heavy atom. The monoisotopic (exact) mass is 445 g/mol. The molecule has 2 aromatic rings. The van der Waals surface area contributed by atoms with E-state index in [1.54, 1.807) is 39.0 Å². The van der Waals surface area contributed by atoms with Crippen LogP contribution in [0.25, 0.3) is 11.3 Å². The highest BCUT2D eigenvalue weighted by Crippen LogP contribution is 2.38. The maximum absolute atomic E-state index is 12.8. The van der Waals surface area contributed by atoms with E-state index in [1.165, 1.54) is 9.47 Å². The van der Waals surface area contributed by atoms with Crippen molar-refractivity contribution >= 4 is 29.7 Å². The molecule has 0 saturated carbocycles. The van der Waals surface area contributed by atoms with Gasteiger partial charge in [-0.1, -0.05) is 23.7 Å². The van der Waals surface area contributed by atoms with Crippen LogP contribution in [0.2, 0.25) is 5.15 Å². The number of hydrogen-bond acceptors (Lipinski definition) is 4. The Hall–Kier alpha value is -3.00. The zero-order chi connectivity index (χ0) is 22.5. The zero-order valence-electron chi connectivity index (χ0n) is 17.5. The van der Waals surface area contributed by atoms with E-state index in [-0.39, 0.29) is 22.9 Å². The smallest absolute Gasteiger partial charge is 0.420 e. The first-order valence-electron chi connectivity index (χ1n) is 10.1. The maximum atomic E-state index is 12.8. The van der Waals surface area contributed by atoms with Crippen molar-refractivity contribution in [3.05, 3.63) is 46.6 Å². The normalized spacial score (nSPS) is 20.5. The highest BCUT2D eigenvalue weighted by Gasteiger charge is 2.40. The minimum absolute atomic E-state index is 0.0206. The lowest BCUT2D eigenvalue weighted by molar-refractivity contribution is 0.0540. The largest absolute Gasteiger partial charge is 0.465 e. The van der Waals surface area contributed by atoms with Gasteiger partial charge in [-0.3, -0.25) is 4.79 Å². The van der Waals surface area contributed by atoms with Crippen molar-refractivity contribution in [3.8, 4) is 11.3 Å². The summed E-state index contributed by atoms with van der Waals surface area (Å²) in [6.07, 6.45) is -1.56. The first-order valence-corrected chi connectivity index (χ1v) is 10.4. The molecule has 1 fully saturated rings. The van der Waals surface area contributed by atoms with E-state index in [2.05, 4.69) is 5.32 Å². The number of nitrogens with one attached hydrogen (secondary N) is 1. The van der Waals surface area contributed by atoms with E-state index < -0.39 is 17.8 Å². The number of fused-ring (bicyclic) bond motifs is 3. The molecular weight excluding hydrogens is 422 g/mol. The van der Waals surface area contributed by atoms with Gasteiger partial charge >= 0.3 is 12.2 Å². The minimum atomic E-state index is -0.956. The predicted molar refractivity (Wildman–Crippen MR) is 115 cm³/mol. The Bertz CT molecular complexity index is 1070. The molecule has 1 saturated heterocycles. The van der Waals surface area contributed by atoms with Gasteiger partial charge in [0.05, 0.1) is 5.69 Å². The summed E-state index contributed by atoms with van der Waals surface area (Å²) in [4.78, 5) is 38.3. The SMILES string of the molecule is CC(C)(C)OC(=O)n1c(Cl)ccc1-c1ccc2c(c1)C(=O)NC[C@@H]1CN(C(=O)O)C[C@@H]21. The van der Waals surface area contributed by atoms with E-state index in [1.807, 2.05) is 12.1 Å². The Kier molecular flexibility index (Phi) is 5.21. The average Bonchev–Trinajstić information content (AvgIpc) is 3.25. The van der Waals surface area contributed by atoms with Crippen molar-refractivity contribution in [1.82, 2.24) is 14.8 Å². The molecule has 0 unspecified atom stereocenters. The van der Waals surface area contributed by atoms with Gasteiger partial charge in [-0.2, -0.15) is 0 Å². The molecule has 8 nitrogen and oxygen atoms in total. The molecule has 1 aromatic heterocycles. The van der Waals surface area contributed by atoms with Crippen LogP contribution in [0, 0.1) is 5.92 Å². The van der Waals surface area contributed by atoms with E-state index in [9.17, 15) is 19.5 Å². The second-order valence-electron chi connectivity index (χ2n) is 8.92. The third-order valence-corrected chi connectivity index (χ3v) is 5.93. The highest BCUT2D eigenvalue weighted by molar-refractivity contribution is 6.30. The molecule has 1 aromatic carbocycles. The van der Waals surface area contributed by atoms with Crippen molar-refractivity contribution in [3.63, 3.8) is 0 Å². The summed E-state index contributed by atoms with van der Waals surface area (Å²) in [6.45, 7) is 6.46. The second-order valence-corrected chi connectivity index (χ2v) is 9.31. The lowest BCUT2D eigenvalue weighted by atomic mass is 9.86.